The van der Waals surface area contributed by atoms with E-state index in [0.29, 0.717) is 23.5 Å². The minimum Gasteiger partial charge on any atom is -0.490 e. The third kappa shape index (κ3) is 2.85. The molecular formula is C11H12N4O3S. The van der Waals surface area contributed by atoms with Crippen LogP contribution in [-0.4, -0.2) is 28.8 Å². The first-order chi connectivity index (χ1) is 9.15. The van der Waals surface area contributed by atoms with E-state index in [1.807, 2.05) is 0 Å². The Kier molecular flexibility index (Phi) is 4.03. The number of benzene rings is 1. The molecule has 1 aromatic heterocycles. The molecule has 0 unspecified atom stereocenters. The van der Waals surface area contributed by atoms with Gasteiger partial charge in [-0.05, 0) is 18.7 Å². The standard InChI is InChI=1S/C11H12N4O3S/c1-18-9-3-2-7(6-8(9)15(16)17)11-14-13-10(19-11)4-5-12/h2-3,6H,4-5,12H2,1H3. The lowest BCUT2D eigenvalue weighted by molar-refractivity contribution is -0.385. The molecule has 0 saturated carbocycles. The maximum absolute atomic E-state index is 10.9. The first kappa shape index (κ1) is 13.4. The lowest BCUT2D eigenvalue weighted by Gasteiger charge is -2.02. The Bertz CT molecular complexity index is 599. The Morgan fingerprint density at radius 1 is 1.47 bits per heavy atom. The van der Waals surface area contributed by atoms with E-state index >= 15 is 0 Å². The molecule has 0 fully saturated rings. The predicted octanol–water partition coefficient (Wildman–Crippen LogP) is 1.62. The first-order valence-corrected chi connectivity index (χ1v) is 6.32. The molecule has 2 aromatic rings. The average Bonchev–Trinajstić information content (AvgIpc) is 2.87. The van der Waals surface area contributed by atoms with E-state index in [0.717, 1.165) is 5.01 Å². The van der Waals surface area contributed by atoms with Crippen LogP contribution in [0.3, 0.4) is 0 Å². The van der Waals surface area contributed by atoms with Crippen LogP contribution in [0.1, 0.15) is 5.01 Å². The maximum atomic E-state index is 10.9. The van der Waals surface area contributed by atoms with E-state index in [9.17, 15) is 10.1 Å². The van der Waals surface area contributed by atoms with Gasteiger partial charge < -0.3 is 10.5 Å². The summed E-state index contributed by atoms with van der Waals surface area (Å²) in [5.41, 5.74) is 6.00. The van der Waals surface area contributed by atoms with Crippen molar-refractivity contribution in [2.45, 2.75) is 6.42 Å². The van der Waals surface area contributed by atoms with Crippen molar-refractivity contribution in [1.29, 1.82) is 0 Å². The van der Waals surface area contributed by atoms with Crippen LogP contribution >= 0.6 is 11.3 Å². The van der Waals surface area contributed by atoms with Gasteiger partial charge in [-0.3, -0.25) is 10.1 Å². The largest absolute Gasteiger partial charge is 0.490 e. The molecule has 2 N–H and O–H groups in total. The number of nitro groups is 1. The average molecular weight is 280 g/mol. The molecule has 1 aromatic carbocycles. The van der Waals surface area contributed by atoms with Crippen molar-refractivity contribution in [1.82, 2.24) is 10.2 Å². The molecule has 0 aliphatic carbocycles. The van der Waals surface area contributed by atoms with Crippen LogP contribution in [0, 0.1) is 10.1 Å². The summed E-state index contributed by atoms with van der Waals surface area (Å²) in [7, 11) is 1.40. The second kappa shape index (κ2) is 5.72. The summed E-state index contributed by atoms with van der Waals surface area (Å²) >= 11 is 1.38. The fourth-order valence-electron chi connectivity index (χ4n) is 1.56. The highest BCUT2D eigenvalue weighted by Crippen LogP contribution is 2.33. The Balaban J connectivity index is 2.39. The van der Waals surface area contributed by atoms with E-state index in [1.165, 1.54) is 24.5 Å². The highest BCUT2D eigenvalue weighted by Gasteiger charge is 2.17. The molecule has 0 atom stereocenters. The molecule has 0 saturated heterocycles. The monoisotopic (exact) mass is 280 g/mol. The number of methoxy groups -OCH3 is 1. The van der Waals surface area contributed by atoms with Crippen molar-refractivity contribution in [3.8, 4) is 16.3 Å². The molecule has 0 aliphatic heterocycles. The normalized spacial score (nSPS) is 10.4. The van der Waals surface area contributed by atoms with Gasteiger partial charge in [0.05, 0.1) is 12.0 Å². The van der Waals surface area contributed by atoms with E-state index in [-0.39, 0.29) is 11.4 Å². The van der Waals surface area contributed by atoms with Crippen molar-refractivity contribution in [2.75, 3.05) is 13.7 Å². The maximum Gasteiger partial charge on any atom is 0.311 e. The molecule has 0 bridgehead atoms. The van der Waals surface area contributed by atoms with Crippen molar-refractivity contribution in [2.24, 2.45) is 5.73 Å². The van der Waals surface area contributed by atoms with E-state index in [1.54, 1.807) is 12.1 Å². The second-order valence-electron chi connectivity index (χ2n) is 3.68. The number of hydrogen-bond donors (Lipinski definition) is 1. The highest BCUT2D eigenvalue weighted by atomic mass is 32.1. The zero-order valence-corrected chi connectivity index (χ0v) is 11.0. The second-order valence-corrected chi connectivity index (χ2v) is 4.75. The van der Waals surface area contributed by atoms with Crippen LogP contribution in [0.25, 0.3) is 10.6 Å². The number of ether oxygens (including phenoxy) is 1. The summed E-state index contributed by atoms with van der Waals surface area (Å²) < 4.78 is 4.95. The van der Waals surface area contributed by atoms with Crippen LogP contribution in [0.2, 0.25) is 0 Å². The van der Waals surface area contributed by atoms with Gasteiger partial charge in [0, 0.05) is 18.1 Å². The molecule has 0 spiro atoms. The third-order valence-corrected chi connectivity index (χ3v) is 3.48. The lowest BCUT2D eigenvalue weighted by atomic mass is 10.2. The minimum atomic E-state index is -0.482. The van der Waals surface area contributed by atoms with Crippen LogP contribution in [-0.2, 0) is 6.42 Å². The van der Waals surface area contributed by atoms with Crippen LogP contribution in [0.5, 0.6) is 5.75 Å². The Hall–Kier alpha value is -2.06. The zero-order valence-electron chi connectivity index (χ0n) is 10.2. The van der Waals surface area contributed by atoms with Gasteiger partial charge in [-0.1, -0.05) is 11.3 Å². The number of rotatable bonds is 5. The van der Waals surface area contributed by atoms with Crippen molar-refractivity contribution in [3.05, 3.63) is 33.3 Å². The quantitative estimate of drug-likeness (QED) is 0.659. The number of nitro benzene ring substituents is 1. The number of nitrogens with zero attached hydrogens (tertiary/aromatic N) is 3. The van der Waals surface area contributed by atoms with Gasteiger partial charge >= 0.3 is 5.69 Å². The SMILES string of the molecule is COc1ccc(-c2nnc(CCN)s2)cc1[N+](=O)[O-]. The highest BCUT2D eigenvalue weighted by molar-refractivity contribution is 7.14. The van der Waals surface area contributed by atoms with Gasteiger partial charge in [-0.15, -0.1) is 10.2 Å². The summed E-state index contributed by atoms with van der Waals surface area (Å²) in [4.78, 5) is 10.5. The van der Waals surface area contributed by atoms with E-state index < -0.39 is 4.92 Å². The van der Waals surface area contributed by atoms with Gasteiger partial charge in [-0.25, -0.2) is 0 Å². The zero-order chi connectivity index (χ0) is 13.8. The van der Waals surface area contributed by atoms with Gasteiger partial charge in [0.25, 0.3) is 0 Å². The van der Waals surface area contributed by atoms with Crippen molar-refractivity contribution < 1.29 is 9.66 Å². The molecular weight excluding hydrogens is 268 g/mol. The first-order valence-electron chi connectivity index (χ1n) is 5.51. The number of aromatic nitrogens is 2. The Labute approximate surface area is 113 Å². The summed E-state index contributed by atoms with van der Waals surface area (Å²) in [6, 6.07) is 4.71. The number of nitrogens with two attached hydrogens (primary N) is 1. The molecule has 8 heteroatoms. The number of hydrogen-bond acceptors (Lipinski definition) is 7. The molecule has 100 valence electrons. The van der Waals surface area contributed by atoms with Gasteiger partial charge in [0.2, 0.25) is 0 Å². The topological polar surface area (TPSA) is 104 Å². The Morgan fingerprint density at radius 3 is 2.89 bits per heavy atom. The molecule has 0 aliphatic rings. The fourth-order valence-corrected chi connectivity index (χ4v) is 2.41. The van der Waals surface area contributed by atoms with E-state index in [4.69, 9.17) is 10.5 Å². The van der Waals surface area contributed by atoms with Crippen molar-refractivity contribution >= 4 is 17.0 Å². The van der Waals surface area contributed by atoms with Gasteiger partial charge in [0.1, 0.15) is 10.0 Å². The molecule has 0 radical (unpaired) electrons. The molecule has 7 nitrogen and oxygen atoms in total. The Morgan fingerprint density at radius 2 is 2.26 bits per heavy atom. The molecule has 0 amide bonds. The smallest absolute Gasteiger partial charge is 0.311 e. The van der Waals surface area contributed by atoms with Gasteiger partial charge in [0.15, 0.2) is 5.75 Å². The fraction of sp³-hybridized carbons (Fsp3) is 0.273. The third-order valence-electron chi connectivity index (χ3n) is 2.45. The predicted molar refractivity (Wildman–Crippen MR) is 71.3 cm³/mol. The lowest BCUT2D eigenvalue weighted by Crippen LogP contribution is -2.01. The van der Waals surface area contributed by atoms with Gasteiger partial charge in [-0.2, -0.15) is 0 Å². The summed E-state index contributed by atoms with van der Waals surface area (Å²) in [5.74, 6) is 0.223. The van der Waals surface area contributed by atoms with Crippen LogP contribution in [0.15, 0.2) is 18.2 Å². The van der Waals surface area contributed by atoms with Crippen molar-refractivity contribution in [3.63, 3.8) is 0 Å². The molecule has 1 heterocycles. The summed E-state index contributed by atoms with van der Waals surface area (Å²) in [6.07, 6.45) is 0.649. The van der Waals surface area contributed by atoms with Crippen LogP contribution < -0.4 is 10.5 Å². The molecule has 19 heavy (non-hydrogen) atoms. The van der Waals surface area contributed by atoms with Crippen LogP contribution in [0.4, 0.5) is 5.69 Å². The minimum absolute atomic E-state index is 0.0874. The summed E-state index contributed by atoms with van der Waals surface area (Å²) in [5, 5.41) is 20.4. The molecule has 2 rings (SSSR count). The van der Waals surface area contributed by atoms with E-state index in [2.05, 4.69) is 10.2 Å². The summed E-state index contributed by atoms with van der Waals surface area (Å²) in [6.45, 7) is 0.497.